The van der Waals surface area contributed by atoms with Gasteiger partial charge in [0, 0.05) is 11.6 Å². The van der Waals surface area contributed by atoms with Crippen molar-refractivity contribution in [3.05, 3.63) is 35.0 Å². The minimum Gasteiger partial charge on any atom is -0.478 e. The zero-order valence-electron chi connectivity index (χ0n) is 8.73. The molecule has 0 aliphatic heterocycles. The van der Waals surface area contributed by atoms with E-state index in [1.165, 1.54) is 18.2 Å². The Morgan fingerprint density at radius 3 is 2.72 bits per heavy atom. The Morgan fingerprint density at radius 2 is 2.11 bits per heavy atom. The maximum Gasteiger partial charge on any atom is 0.387 e. The summed E-state index contributed by atoms with van der Waals surface area (Å²) in [6.45, 7) is -3.00. The van der Waals surface area contributed by atoms with Crippen LogP contribution < -0.4 is 4.74 Å². The maximum absolute atomic E-state index is 12.1. The molecule has 0 saturated heterocycles. The van der Waals surface area contributed by atoms with Gasteiger partial charge in [-0.1, -0.05) is 11.6 Å². The first kappa shape index (κ1) is 12.5. The predicted octanol–water partition coefficient (Wildman–Crippen LogP) is 3.19. The molecule has 2 aromatic rings. The molecule has 4 nitrogen and oxygen atoms in total. The Morgan fingerprint density at radius 1 is 1.39 bits per heavy atom. The maximum atomic E-state index is 12.1. The number of fused-ring (bicyclic) bond motifs is 1. The first-order chi connectivity index (χ1) is 8.47. The van der Waals surface area contributed by atoms with Gasteiger partial charge in [0.05, 0.1) is 16.1 Å². The van der Waals surface area contributed by atoms with Gasteiger partial charge in [0.2, 0.25) is 0 Å². The Hall–Kier alpha value is -1.95. The highest BCUT2D eigenvalue weighted by Gasteiger charge is 2.12. The van der Waals surface area contributed by atoms with E-state index >= 15 is 0 Å². The highest BCUT2D eigenvalue weighted by molar-refractivity contribution is 6.32. The van der Waals surface area contributed by atoms with Crippen molar-refractivity contribution in [2.45, 2.75) is 6.61 Å². The van der Waals surface area contributed by atoms with Gasteiger partial charge in [-0.3, -0.25) is 4.98 Å². The van der Waals surface area contributed by atoms with Crippen LogP contribution in [-0.2, 0) is 0 Å². The molecular formula is C11H6ClF2NO3. The molecule has 0 atom stereocenters. The molecule has 0 fully saturated rings. The van der Waals surface area contributed by atoms with E-state index in [0.717, 1.165) is 6.20 Å². The van der Waals surface area contributed by atoms with E-state index in [9.17, 15) is 13.6 Å². The number of carboxylic acid groups (broad SMARTS) is 1. The number of aromatic carboxylic acids is 1. The van der Waals surface area contributed by atoms with Crippen LogP contribution in [0.25, 0.3) is 10.9 Å². The molecule has 7 heteroatoms. The van der Waals surface area contributed by atoms with Crippen molar-refractivity contribution in [2.75, 3.05) is 0 Å². The number of pyridine rings is 1. The highest BCUT2D eigenvalue weighted by Crippen LogP contribution is 2.30. The zero-order chi connectivity index (χ0) is 13.3. The molecule has 1 aromatic heterocycles. The van der Waals surface area contributed by atoms with Gasteiger partial charge in [0.1, 0.15) is 5.75 Å². The Bertz CT molecular complexity index is 619. The number of ether oxygens (including phenoxy) is 1. The molecule has 0 saturated carbocycles. The number of carboxylic acids is 1. The van der Waals surface area contributed by atoms with Gasteiger partial charge in [-0.15, -0.1) is 0 Å². The Balaban J connectivity index is 2.55. The summed E-state index contributed by atoms with van der Waals surface area (Å²) >= 11 is 5.73. The monoisotopic (exact) mass is 273 g/mol. The molecule has 0 unspecified atom stereocenters. The first-order valence-electron chi connectivity index (χ1n) is 4.75. The summed E-state index contributed by atoms with van der Waals surface area (Å²) < 4.78 is 28.4. The number of aromatic nitrogens is 1. The van der Waals surface area contributed by atoms with Gasteiger partial charge >= 0.3 is 12.6 Å². The fourth-order valence-corrected chi connectivity index (χ4v) is 1.64. The van der Waals surface area contributed by atoms with E-state index in [-0.39, 0.29) is 16.3 Å². The molecule has 0 spiro atoms. The molecule has 1 aromatic carbocycles. The third-order valence-corrected chi connectivity index (χ3v) is 2.49. The van der Waals surface area contributed by atoms with Gasteiger partial charge in [0.25, 0.3) is 0 Å². The molecular weight excluding hydrogens is 268 g/mol. The average Bonchev–Trinajstić information content (AvgIpc) is 2.28. The summed E-state index contributed by atoms with van der Waals surface area (Å²) in [6.07, 6.45) is 1.16. The fraction of sp³-hybridized carbons (Fsp3) is 0.0909. The van der Waals surface area contributed by atoms with E-state index in [1.54, 1.807) is 0 Å². The topological polar surface area (TPSA) is 59.4 Å². The molecule has 1 heterocycles. The zero-order valence-corrected chi connectivity index (χ0v) is 9.49. The number of rotatable bonds is 3. The number of hydrogen-bond donors (Lipinski definition) is 1. The standard InChI is InChI=1S/C11H6ClF2NO3/c12-7-3-8-5(2-9(7)18-11(13)14)1-6(4-15-8)10(16)17/h1-4,11H,(H,16,17). The summed E-state index contributed by atoms with van der Waals surface area (Å²) in [5.74, 6) is -1.38. The fourth-order valence-electron chi connectivity index (χ4n) is 1.43. The number of alkyl halides is 2. The van der Waals surface area contributed by atoms with Crippen LogP contribution in [0.15, 0.2) is 24.4 Å². The third-order valence-electron chi connectivity index (χ3n) is 2.20. The van der Waals surface area contributed by atoms with Crippen LogP contribution in [0, 0.1) is 0 Å². The lowest BCUT2D eigenvalue weighted by Gasteiger charge is -2.08. The van der Waals surface area contributed by atoms with Crippen molar-refractivity contribution >= 4 is 28.5 Å². The second kappa shape index (κ2) is 4.73. The van der Waals surface area contributed by atoms with Crippen molar-refractivity contribution in [3.8, 4) is 5.75 Å². The lowest BCUT2D eigenvalue weighted by molar-refractivity contribution is -0.0497. The van der Waals surface area contributed by atoms with Crippen LogP contribution in [-0.4, -0.2) is 22.7 Å². The van der Waals surface area contributed by atoms with Crippen LogP contribution >= 0.6 is 11.6 Å². The largest absolute Gasteiger partial charge is 0.478 e. The van der Waals surface area contributed by atoms with Gasteiger partial charge in [0.15, 0.2) is 0 Å². The highest BCUT2D eigenvalue weighted by atomic mass is 35.5. The van der Waals surface area contributed by atoms with Gasteiger partial charge in [-0.25, -0.2) is 4.79 Å². The summed E-state index contributed by atoms with van der Waals surface area (Å²) in [6, 6.07) is 3.86. The Kier molecular flexibility index (Phi) is 3.29. The SMILES string of the molecule is O=C(O)c1cnc2cc(Cl)c(OC(F)F)cc2c1. The Labute approximate surface area is 105 Å². The quantitative estimate of drug-likeness (QED) is 0.933. The number of hydrogen-bond acceptors (Lipinski definition) is 3. The van der Waals surface area contributed by atoms with Crippen molar-refractivity contribution in [1.82, 2.24) is 4.98 Å². The number of nitrogens with zero attached hydrogens (tertiary/aromatic N) is 1. The van der Waals surface area contributed by atoms with Gasteiger partial charge < -0.3 is 9.84 Å². The molecule has 0 aliphatic rings. The number of carbonyl (C=O) groups is 1. The molecule has 0 amide bonds. The second-order valence-corrected chi connectivity index (χ2v) is 3.79. The normalized spacial score (nSPS) is 10.9. The minimum atomic E-state index is -3.00. The summed E-state index contributed by atoms with van der Waals surface area (Å²) in [5.41, 5.74) is 0.347. The molecule has 2 rings (SSSR count). The van der Waals surface area contributed by atoms with Gasteiger partial charge in [-0.05, 0) is 18.2 Å². The number of benzene rings is 1. The van der Waals surface area contributed by atoms with Crippen LogP contribution in [0.3, 0.4) is 0 Å². The number of halogens is 3. The van der Waals surface area contributed by atoms with Gasteiger partial charge in [-0.2, -0.15) is 8.78 Å². The van der Waals surface area contributed by atoms with E-state index in [2.05, 4.69) is 9.72 Å². The molecule has 0 bridgehead atoms. The second-order valence-electron chi connectivity index (χ2n) is 3.38. The van der Waals surface area contributed by atoms with E-state index in [4.69, 9.17) is 16.7 Å². The first-order valence-corrected chi connectivity index (χ1v) is 5.12. The lowest BCUT2D eigenvalue weighted by atomic mass is 10.1. The van der Waals surface area contributed by atoms with Crippen molar-refractivity contribution in [2.24, 2.45) is 0 Å². The van der Waals surface area contributed by atoms with E-state index in [1.807, 2.05) is 0 Å². The summed E-state index contributed by atoms with van der Waals surface area (Å²) in [7, 11) is 0. The molecule has 94 valence electrons. The molecule has 18 heavy (non-hydrogen) atoms. The minimum absolute atomic E-state index is 0.0154. The van der Waals surface area contributed by atoms with Crippen LogP contribution in [0.4, 0.5) is 8.78 Å². The third kappa shape index (κ3) is 2.48. The molecule has 0 radical (unpaired) electrons. The van der Waals surface area contributed by atoms with Crippen LogP contribution in [0.2, 0.25) is 5.02 Å². The summed E-state index contributed by atoms with van der Waals surface area (Å²) in [5, 5.41) is 9.14. The average molecular weight is 274 g/mol. The van der Waals surface area contributed by atoms with Crippen molar-refractivity contribution < 1.29 is 23.4 Å². The summed E-state index contributed by atoms with van der Waals surface area (Å²) in [4.78, 5) is 14.6. The molecule has 1 N–H and O–H groups in total. The van der Waals surface area contributed by atoms with Crippen LogP contribution in [0.1, 0.15) is 10.4 Å². The van der Waals surface area contributed by atoms with E-state index in [0.29, 0.717) is 10.9 Å². The molecule has 0 aliphatic carbocycles. The smallest absolute Gasteiger partial charge is 0.387 e. The van der Waals surface area contributed by atoms with Crippen LogP contribution in [0.5, 0.6) is 5.75 Å². The predicted molar refractivity (Wildman–Crippen MR) is 60.3 cm³/mol. The van der Waals surface area contributed by atoms with E-state index < -0.39 is 12.6 Å². The lowest BCUT2D eigenvalue weighted by Crippen LogP contribution is -2.03. The van der Waals surface area contributed by atoms with Crippen molar-refractivity contribution in [1.29, 1.82) is 0 Å². The van der Waals surface area contributed by atoms with Crippen molar-refractivity contribution in [3.63, 3.8) is 0 Å².